The number of alkyl halides is 1. The summed E-state index contributed by atoms with van der Waals surface area (Å²) in [7, 11) is -3.02. The summed E-state index contributed by atoms with van der Waals surface area (Å²) in [5.41, 5.74) is 0. The van der Waals surface area contributed by atoms with Crippen molar-refractivity contribution in [3.05, 3.63) is 0 Å². The number of halogens is 1. The normalized spacial score (nSPS) is 15.1. The van der Waals surface area contributed by atoms with E-state index in [1.54, 1.807) is 6.92 Å². The number of rotatable bonds is 4. The number of hydrogen-bond donors (Lipinski definition) is 0. The van der Waals surface area contributed by atoms with Gasteiger partial charge in [-0.05, 0) is 6.26 Å². The van der Waals surface area contributed by atoms with Crippen molar-refractivity contribution in [3.8, 4) is 0 Å². The molecule has 0 aliphatic heterocycles. The fraction of sp³-hybridized carbons (Fsp3) is 1.00. The van der Waals surface area contributed by atoms with Gasteiger partial charge in [0.15, 0.2) is 9.84 Å². The lowest BCUT2D eigenvalue weighted by Gasteiger charge is -2.05. The molecule has 0 aromatic heterocycles. The first-order valence-corrected chi connectivity index (χ1v) is 6.43. The molecule has 0 rings (SSSR count). The molecule has 0 fully saturated rings. The van der Waals surface area contributed by atoms with Crippen LogP contribution in [0.2, 0.25) is 0 Å². The minimum absolute atomic E-state index is 0.127. The zero-order valence-corrected chi connectivity index (χ0v) is 8.39. The maximum absolute atomic E-state index is 10.9. The zero-order valence-electron chi connectivity index (χ0n) is 6.00. The van der Waals surface area contributed by atoms with Crippen LogP contribution in [0.5, 0.6) is 0 Å². The van der Waals surface area contributed by atoms with Crippen LogP contribution < -0.4 is 0 Å². The summed E-state index contributed by atoms with van der Waals surface area (Å²) in [6.45, 7) is 1.60. The van der Waals surface area contributed by atoms with E-state index in [-0.39, 0.29) is 5.75 Å². The van der Waals surface area contributed by atoms with Gasteiger partial charge in [0.1, 0.15) is 4.71 Å². The van der Waals surface area contributed by atoms with E-state index in [1.165, 1.54) is 11.8 Å². The highest BCUT2D eigenvalue weighted by Gasteiger charge is 2.19. The van der Waals surface area contributed by atoms with Crippen molar-refractivity contribution in [1.82, 2.24) is 0 Å². The fourth-order valence-corrected chi connectivity index (χ4v) is 3.03. The molecule has 0 N–H and O–H groups in total. The average Bonchev–Trinajstić information content (AvgIpc) is 1.89. The van der Waals surface area contributed by atoms with E-state index in [0.717, 1.165) is 0 Å². The molecule has 0 aliphatic carbocycles. The van der Waals surface area contributed by atoms with Crippen LogP contribution in [0.3, 0.4) is 0 Å². The maximum atomic E-state index is 10.9. The second-order valence-electron chi connectivity index (χ2n) is 1.82. The first kappa shape index (κ1) is 10.6. The molecule has 10 heavy (non-hydrogen) atoms. The summed E-state index contributed by atoms with van der Waals surface area (Å²) in [5.74, 6) is 0.597. The molecule has 1 atom stereocenters. The molecule has 0 aliphatic rings. The monoisotopic (exact) mass is 202 g/mol. The Morgan fingerprint density at radius 1 is 1.60 bits per heavy atom. The second kappa shape index (κ2) is 4.46. The van der Waals surface area contributed by atoms with Gasteiger partial charge in [-0.25, -0.2) is 8.42 Å². The predicted molar refractivity (Wildman–Crippen MR) is 47.5 cm³/mol. The molecule has 2 nitrogen and oxygen atoms in total. The molecule has 0 heterocycles. The molecule has 0 saturated heterocycles. The van der Waals surface area contributed by atoms with Gasteiger partial charge in [-0.1, -0.05) is 6.92 Å². The smallest absolute Gasteiger partial charge is 0.167 e. The molecule has 1 unspecified atom stereocenters. The molecule has 0 spiro atoms. The maximum Gasteiger partial charge on any atom is 0.167 e. The Bertz CT molecular complexity index is 176. The molecular formula is C5H11ClO2S2. The number of hydrogen-bond acceptors (Lipinski definition) is 3. The van der Waals surface area contributed by atoms with Crippen molar-refractivity contribution in [2.75, 3.05) is 17.8 Å². The van der Waals surface area contributed by atoms with Crippen molar-refractivity contribution in [3.63, 3.8) is 0 Å². The van der Waals surface area contributed by atoms with Crippen LogP contribution in [0.25, 0.3) is 0 Å². The van der Waals surface area contributed by atoms with Gasteiger partial charge >= 0.3 is 0 Å². The topological polar surface area (TPSA) is 34.1 Å². The molecule has 62 valence electrons. The molecule has 0 aromatic rings. The Morgan fingerprint density at radius 2 is 2.10 bits per heavy atom. The Morgan fingerprint density at radius 3 is 2.40 bits per heavy atom. The Balaban J connectivity index is 4.06. The summed E-state index contributed by atoms with van der Waals surface area (Å²) in [5, 5.41) is 0. The van der Waals surface area contributed by atoms with Crippen molar-refractivity contribution >= 4 is 33.2 Å². The minimum Gasteiger partial charge on any atom is -0.227 e. The van der Waals surface area contributed by atoms with Gasteiger partial charge in [0.25, 0.3) is 0 Å². The van der Waals surface area contributed by atoms with Crippen LogP contribution in [0, 0.1) is 0 Å². The number of sulfone groups is 1. The van der Waals surface area contributed by atoms with Crippen LogP contribution in [0.15, 0.2) is 0 Å². The summed E-state index contributed by atoms with van der Waals surface area (Å²) < 4.78 is 21.2. The van der Waals surface area contributed by atoms with E-state index in [4.69, 9.17) is 11.6 Å². The summed E-state index contributed by atoms with van der Waals surface area (Å²) in [6.07, 6.45) is 1.83. The van der Waals surface area contributed by atoms with Crippen molar-refractivity contribution in [2.24, 2.45) is 0 Å². The summed E-state index contributed by atoms with van der Waals surface area (Å²) in [6, 6.07) is 0. The lowest BCUT2D eigenvalue weighted by molar-refractivity contribution is 0.596. The van der Waals surface area contributed by atoms with Gasteiger partial charge in [0.2, 0.25) is 0 Å². The van der Waals surface area contributed by atoms with Gasteiger partial charge in [0, 0.05) is 11.5 Å². The third-order valence-electron chi connectivity index (χ3n) is 1.09. The fourth-order valence-electron chi connectivity index (χ4n) is 0.416. The quantitative estimate of drug-likeness (QED) is 0.646. The highest BCUT2D eigenvalue weighted by molar-refractivity contribution is 8.00. The Kier molecular flexibility index (Phi) is 4.73. The van der Waals surface area contributed by atoms with Gasteiger partial charge in [0.05, 0.1) is 0 Å². The lowest BCUT2D eigenvalue weighted by Crippen LogP contribution is -2.19. The van der Waals surface area contributed by atoms with Crippen LogP contribution in [0.1, 0.15) is 6.92 Å². The van der Waals surface area contributed by atoms with Crippen LogP contribution in [0.4, 0.5) is 0 Å². The first-order valence-electron chi connectivity index (χ1n) is 2.89. The van der Waals surface area contributed by atoms with Gasteiger partial charge in [-0.15, -0.1) is 11.6 Å². The highest BCUT2D eigenvalue weighted by Crippen LogP contribution is 2.12. The standard InChI is InChI=1S/C5H11ClO2S2/c1-3-10(7,8)5(6)4-9-2/h5H,3-4H2,1-2H3. The third-order valence-corrected chi connectivity index (χ3v) is 4.87. The van der Waals surface area contributed by atoms with Crippen molar-refractivity contribution < 1.29 is 8.42 Å². The van der Waals surface area contributed by atoms with Crippen LogP contribution in [-0.4, -0.2) is 30.9 Å². The molecular weight excluding hydrogens is 192 g/mol. The van der Waals surface area contributed by atoms with Gasteiger partial charge in [-0.2, -0.15) is 11.8 Å². The highest BCUT2D eigenvalue weighted by atomic mass is 35.5. The molecule has 0 saturated carbocycles. The van der Waals surface area contributed by atoms with E-state index < -0.39 is 14.5 Å². The van der Waals surface area contributed by atoms with Crippen molar-refractivity contribution in [2.45, 2.75) is 11.6 Å². The first-order chi connectivity index (χ1) is 4.54. The minimum atomic E-state index is -3.02. The molecule has 0 amide bonds. The van der Waals surface area contributed by atoms with E-state index in [2.05, 4.69) is 0 Å². The second-order valence-corrected chi connectivity index (χ2v) is 5.99. The largest absolute Gasteiger partial charge is 0.227 e. The Labute approximate surface area is 71.3 Å². The van der Waals surface area contributed by atoms with E-state index in [1.807, 2.05) is 6.26 Å². The molecule has 0 bridgehead atoms. The van der Waals surface area contributed by atoms with Gasteiger partial charge < -0.3 is 0 Å². The average molecular weight is 203 g/mol. The van der Waals surface area contributed by atoms with Crippen molar-refractivity contribution in [1.29, 1.82) is 0 Å². The van der Waals surface area contributed by atoms with Gasteiger partial charge in [-0.3, -0.25) is 0 Å². The summed E-state index contributed by atoms with van der Waals surface area (Å²) in [4.78, 5) is 0. The lowest BCUT2D eigenvalue weighted by atomic mass is 10.9. The Hall–Kier alpha value is 0.590. The van der Waals surface area contributed by atoms with E-state index >= 15 is 0 Å². The third kappa shape index (κ3) is 3.12. The molecule has 0 radical (unpaired) electrons. The number of thioether (sulfide) groups is 1. The van der Waals surface area contributed by atoms with E-state index in [9.17, 15) is 8.42 Å². The zero-order chi connectivity index (χ0) is 8.20. The SMILES string of the molecule is CCS(=O)(=O)C(Cl)CSC. The molecule has 5 heteroatoms. The van der Waals surface area contributed by atoms with E-state index in [0.29, 0.717) is 5.75 Å². The summed E-state index contributed by atoms with van der Waals surface area (Å²) >= 11 is 7.00. The van der Waals surface area contributed by atoms with Crippen LogP contribution in [-0.2, 0) is 9.84 Å². The molecule has 0 aromatic carbocycles. The predicted octanol–water partition coefficient (Wildman–Crippen LogP) is 1.35. The van der Waals surface area contributed by atoms with Crippen LogP contribution >= 0.6 is 23.4 Å².